The van der Waals surface area contributed by atoms with E-state index in [1.165, 1.54) is 67.7 Å². The minimum absolute atomic E-state index is 0.0617. The highest BCUT2D eigenvalue weighted by Gasteiger charge is 2.30. The summed E-state index contributed by atoms with van der Waals surface area (Å²) in [6, 6.07) is 4.61. The lowest BCUT2D eigenvalue weighted by molar-refractivity contribution is 0.124. The van der Waals surface area contributed by atoms with E-state index in [9.17, 15) is 8.78 Å². The maximum absolute atomic E-state index is 13.9. The zero-order valence-corrected chi connectivity index (χ0v) is 17.7. The Bertz CT molecular complexity index is 561. The summed E-state index contributed by atoms with van der Waals surface area (Å²) >= 11 is 0. The zero-order valence-electron chi connectivity index (χ0n) is 15.7. The maximum Gasteiger partial charge on any atom is 0.200 e. The molecule has 3 rings (SSSR count). The van der Waals surface area contributed by atoms with Crippen LogP contribution in [0.1, 0.15) is 56.9 Å². The second kappa shape index (κ2) is 8.66. The number of hydrogen-bond donors (Lipinski definition) is 0. The predicted molar refractivity (Wildman–Crippen MR) is 102 cm³/mol. The standard InChI is InChI=1S/C21H32F2OSi/c1-14-2-11-19(21(23)20(14)22)24-12-15-3-7-17(8-4-15)18-9-5-16(13-25)6-10-18/h2,11,15-18H,3-10,12-13H2,1,25H3. The molecular formula is C21H32F2OSi. The molecule has 0 saturated heterocycles. The van der Waals surface area contributed by atoms with Crippen molar-refractivity contribution < 1.29 is 13.5 Å². The summed E-state index contributed by atoms with van der Waals surface area (Å²) in [7, 11) is 1.35. The topological polar surface area (TPSA) is 9.23 Å². The van der Waals surface area contributed by atoms with Gasteiger partial charge in [-0.2, -0.15) is 4.39 Å². The van der Waals surface area contributed by atoms with Crippen molar-refractivity contribution in [3.63, 3.8) is 0 Å². The summed E-state index contributed by atoms with van der Waals surface area (Å²) in [5.74, 6) is 1.77. The zero-order chi connectivity index (χ0) is 17.8. The highest BCUT2D eigenvalue weighted by Crippen LogP contribution is 2.42. The number of ether oxygens (including phenoxy) is 1. The summed E-state index contributed by atoms with van der Waals surface area (Å²) in [5.41, 5.74) is 0.325. The number of benzene rings is 1. The lowest BCUT2D eigenvalue weighted by Crippen LogP contribution is -2.27. The summed E-state index contributed by atoms with van der Waals surface area (Å²) in [6.45, 7) is 2.08. The van der Waals surface area contributed by atoms with E-state index in [4.69, 9.17) is 4.74 Å². The van der Waals surface area contributed by atoms with E-state index in [1.807, 2.05) is 0 Å². The SMILES string of the molecule is Cc1ccc(OCC2CCC(C3CCC(C[SiH3])CC3)CC2)c(F)c1F. The second-order valence-electron chi connectivity index (χ2n) is 8.29. The van der Waals surface area contributed by atoms with E-state index < -0.39 is 11.6 Å². The predicted octanol–water partition coefficient (Wildman–Crippen LogP) is 5.05. The van der Waals surface area contributed by atoms with Crippen LogP contribution in [0.2, 0.25) is 6.04 Å². The van der Waals surface area contributed by atoms with Crippen molar-refractivity contribution in [1.82, 2.24) is 0 Å². The molecule has 2 fully saturated rings. The molecule has 0 spiro atoms. The van der Waals surface area contributed by atoms with Crippen LogP contribution >= 0.6 is 0 Å². The first-order valence-electron chi connectivity index (χ1n) is 10.2. The summed E-state index contributed by atoms with van der Waals surface area (Å²) in [4.78, 5) is 0. The van der Waals surface area contributed by atoms with Crippen molar-refractivity contribution in [3.8, 4) is 5.75 Å². The van der Waals surface area contributed by atoms with Crippen LogP contribution in [-0.4, -0.2) is 16.8 Å². The van der Waals surface area contributed by atoms with Crippen LogP contribution in [0.25, 0.3) is 0 Å². The average molecular weight is 367 g/mol. The number of aryl methyl sites for hydroxylation is 1. The van der Waals surface area contributed by atoms with Gasteiger partial charge in [0.1, 0.15) is 0 Å². The third-order valence-corrected chi connectivity index (χ3v) is 7.90. The van der Waals surface area contributed by atoms with Gasteiger partial charge in [-0.25, -0.2) is 4.39 Å². The van der Waals surface area contributed by atoms with Crippen molar-refractivity contribution >= 4 is 10.2 Å². The normalized spacial score (nSPS) is 30.4. The number of halogens is 2. The molecule has 0 atom stereocenters. The quantitative estimate of drug-likeness (QED) is 0.663. The first-order chi connectivity index (χ1) is 12.1. The maximum atomic E-state index is 13.9. The van der Waals surface area contributed by atoms with Crippen molar-refractivity contribution in [2.75, 3.05) is 6.61 Å². The van der Waals surface area contributed by atoms with E-state index in [1.54, 1.807) is 19.1 Å². The second-order valence-corrected chi connectivity index (χ2v) is 9.11. The first kappa shape index (κ1) is 18.9. The molecule has 0 heterocycles. The van der Waals surface area contributed by atoms with Crippen LogP contribution in [0.5, 0.6) is 5.75 Å². The van der Waals surface area contributed by atoms with Crippen molar-refractivity contribution in [3.05, 3.63) is 29.3 Å². The van der Waals surface area contributed by atoms with Gasteiger partial charge in [0.05, 0.1) is 6.61 Å². The van der Waals surface area contributed by atoms with E-state index in [0.717, 1.165) is 17.8 Å². The Hall–Kier alpha value is -0.903. The molecule has 140 valence electrons. The van der Waals surface area contributed by atoms with Crippen LogP contribution in [0, 0.1) is 42.2 Å². The molecule has 2 aliphatic carbocycles. The molecule has 2 aliphatic rings. The molecule has 25 heavy (non-hydrogen) atoms. The van der Waals surface area contributed by atoms with Crippen LogP contribution in [0.4, 0.5) is 8.78 Å². The Morgan fingerprint density at radius 1 is 0.880 bits per heavy atom. The molecule has 2 saturated carbocycles. The molecule has 4 heteroatoms. The Kier molecular flexibility index (Phi) is 6.53. The molecule has 1 nitrogen and oxygen atoms in total. The monoisotopic (exact) mass is 366 g/mol. The average Bonchev–Trinajstić information content (AvgIpc) is 2.66. The van der Waals surface area contributed by atoms with Gasteiger partial charge in [0.2, 0.25) is 5.82 Å². The van der Waals surface area contributed by atoms with E-state index in [-0.39, 0.29) is 5.75 Å². The van der Waals surface area contributed by atoms with Crippen LogP contribution in [0.3, 0.4) is 0 Å². The van der Waals surface area contributed by atoms with Gasteiger partial charge in [0, 0.05) is 10.2 Å². The molecule has 0 radical (unpaired) electrons. The fourth-order valence-electron chi connectivity index (χ4n) is 4.84. The fraction of sp³-hybridized carbons (Fsp3) is 0.714. The van der Waals surface area contributed by atoms with Crippen molar-refractivity contribution in [2.45, 2.75) is 64.3 Å². The van der Waals surface area contributed by atoms with E-state index in [2.05, 4.69) is 0 Å². The van der Waals surface area contributed by atoms with E-state index in [0.29, 0.717) is 18.1 Å². The Balaban J connectivity index is 1.43. The van der Waals surface area contributed by atoms with Crippen LogP contribution in [-0.2, 0) is 0 Å². The molecule has 0 amide bonds. The minimum Gasteiger partial charge on any atom is -0.490 e. The minimum atomic E-state index is -0.843. The molecule has 0 aromatic heterocycles. The lowest BCUT2D eigenvalue weighted by Gasteiger charge is -2.37. The molecule has 0 bridgehead atoms. The molecule has 1 aromatic rings. The van der Waals surface area contributed by atoms with Crippen LogP contribution < -0.4 is 4.74 Å². The van der Waals surface area contributed by atoms with Gasteiger partial charge < -0.3 is 4.74 Å². The highest BCUT2D eigenvalue weighted by atomic mass is 28.1. The Morgan fingerprint density at radius 2 is 1.44 bits per heavy atom. The van der Waals surface area contributed by atoms with Crippen LogP contribution in [0.15, 0.2) is 12.1 Å². The van der Waals surface area contributed by atoms with E-state index >= 15 is 0 Å². The fourth-order valence-corrected chi connectivity index (χ4v) is 5.66. The van der Waals surface area contributed by atoms with Gasteiger partial charge >= 0.3 is 0 Å². The van der Waals surface area contributed by atoms with Gasteiger partial charge in [0.15, 0.2) is 11.6 Å². The van der Waals surface area contributed by atoms with Gasteiger partial charge in [-0.1, -0.05) is 25.0 Å². The number of hydrogen-bond acceptors (Lipinski definition) is 1. The Labute approximate surface area is 154 Å². The lowest BCUT2D eigenvalue weighted by atomic mass is 9.69. The third-order valence-electron chi connectivity index (χ3n) is 6.74. The van der Waals surface area contributed by atoms with Gasteiger partial charge in [0.25, 0.3) is 0 Å². The molecule has 0 unspecified atom stereocenters. The van der Waals surface area contributed by atoms with Gasteiger partial charge in [-0.3, -0.25) is 0 Å². The third kappa shape index (κ3) is 4.63. The smallest absolute Gasteiger partial charge is 0.200 e. The molecular weight excluding hydrogens is 334 g/mol. The summed E-state index contributed by atoms with van der Waals surface area (Å²) < 4.78 is 33.1. The van der Waals surface area contributed by atoms with Crippen molar-refractivity contribution in [1.29, 1.82) is 0 Å². The summed E-state index contributed by atoms with van der Waals surface area (Å²) in [6.07, 6.45) is 10.7. The Morgan fingerprint density at radius 3 is 2.00 bits per heavy atom. The van der Waals surface area contributed by atoms with Gasteiger partial charge in [-0.05, 0) is 80.8 Å². The first-order valence-corrected chi connectivity index (χ1v) is 11.6. The van der Waals surface area contributed by atoms with Crippen molar-refractivity contribution in [2.24, 2.45) is 23.7 Å². The number of rotatable bonds is 5. The molecule has 0 N–H and O–H groups in total. The highest BCUT2D eigenvalue weighted by molar-refractivity contribution is 6.08. The molecule has 0 aliphatic heterocycles. The largest absolute Gasteiger partial charge is 0.490 e. The van der Waals surface area contributed by atoms with Gasteiger partial charge in [-0.15, -0.1) is 0 Å². The summed E-state index contributed by atoms with van der Waals surface area (Å²) in [5, 5.41) is 0. The molecule has 1 aromatic carbocycles.